The van der Waals surface area contributed by atoms with E-state index in [4.69, 9.17) is 17.0 Å². The Labute approximate surface area is 170 Å². The van der Waals surface area contributed by atoms with E-state index in [1.807, 2.05) is 6.92 Å². The molecule has 0 amide bonds. The van der Waals surface area contributed by atoms with Crippen LogP contribution in [0.25, 0.3) is 0 Å². The van der Waals surface area contributed by atoms with Crippen molar-refractivity contribution in [2.75, 3.05) is 17.7 Å². The number of aryl methyl sites for hydroxylation is 1. The van der Waals surface area contributed by atoms with Gasteiger partial charge in [-0.2, -0.15) is 0 Å². The summed E-state index contributed by atoms with van der Waals surface area (Å²) in [6.45, 7) is 3.64. The number of rotatable bonds is 4. The van der Waals surface area contributed by atoms with E-state index in [1.165, 1.54) is 18.4 Å². The predicted molar refractivity (Wildman–Crippen MR) is 104 cm³/mol. The summed E-state index contributed by atoms with van der Waals surface area (Å²) in [4.78, 5) is 12.9. The topological polar surface area (TPSA) is 50.4 Å². The molecule has 2 rings (SSSR count). The Hall–Kier alpha value is -1.72. The number of hydrogen-bond acceptors (Lipinski definition) is 4. The van der Waals surface area contributed by atoms with Crippen LogP contribution in [-0.2, 0) is 11.2 Å². The second kappa shape index (κ2) is 8.53. The lowest BCUT2D eigenvalue weighted by atomic mass is 10.1. The minimum Gasteiger partial charge on any atom is -0.465 e. The van der Waals surface area contributed by atoms with E-state index in [-0.39, 0.29) is 15.7 Å². The summed E-state index contributed by atoms with van der Waals surface area (Å²) >= 11 is 8.58. The van der Waals surface area contributed by atoms with Crippen LogP contribution in [-0.4, -0.2) is 18.2 Å². The van der Waals surface area contributed by atoms with Crippen molar-refractivity contribution in [1.29, 1.82) is 0 Å². The maximum atomic E-state index is 14.0. The van der Waals surface area contributed by atoms with Gasteiger partial charge in [0.15, 0.2) is 28.4 Å². The summed E-state index contributed by atoms with van der Waals surface area (Å²) in [6, 6.07) is 0. The van der Waals surface area contributed by atoms with Crippen LogP contribution in [0.15, 0.2) is 4.47 Å². The average Bonchev–Trinajstić information content (AvgIpc) is 2.95. The van der Waals surface area contributed by atoms with Crippen LogP contribution in [0.2, 0.25) is 0 Å². The monoisotopic (exact) mass is 484 g/mol. The Balaban J connectivity index is 2.37. The Morgan fingerprint density at radius 3 is 2.19 bits per heavy atom. The molecule has 0 unspecified atom stereocenters. The molecule has 0 bridgehead atoms. The molecular formula is C16H13BrF4N2O2S2. The van der Waals surface area contributed by atoms with Gasteiger partial charge in [0.05, 0.1) is 17.1 Å². The second-order valence-corrected chi connectivity index (χ2v) is 7.64. The predicted octanol–water partition coefficient (Wildman–Crippen LogP) is 5.53. The molecule has 0 saturated heterocycles. The lowest BCUT2D eigenvalue weighted by molar-refractivity contribution is 0.0601. The van der Waals surface area contributed by atoms with E-state index < -0.39 is 39.4 Å². The van der Waals surface area contributed by atoms with Crippen molar-refractivity contribution in [3.63, 3.8) is 0 Å². The quantitative estimate of drug-likeness (QED) is 0.196. The third kappa shape index (κ3) is 4.09. The van der Waals surface area contributed by atoms with Crippen molar-refractivity contribution >= 4 is 61.3 Å². The van der Waals surface area contributed by atoms with Gasteiger partial charge in [-0.05, 0) is 47.1 Å². The van der Waals surface area contributed by atoms with Crippen molar-refractivity contribution in [2.45, 2.75) is 20.3 Å². The van der Waals surface area contributed by atoms with Gasteiger partial charge in [0.25, 0.3) is 0 Å². The number of anilines is 2. The van der Waals surface area contributed by atoms with Crippen LogP contribution < -0.4 is 10.6 Å². The van der Waals surface area contributed by atoms with E-state index in [1.54, 1.807) is 6.92 Å². The second-order valence-electron chi connectivity index (χ2n) is 5.21. The van der Waals surface area contributed by atoms with E-state index in [0.717, 1.165) is 10.4 Å². The fourth-order valence-electron chi connectivity index (χ4n) is 2.37. The van der Waals surface area contributed by atoms with Gasteiger partial charge < -0.3 is 15.4 Å². The van der Waals surface area contributed by atoms with Crippen molar-refractivity contribution in [3.05, 3.63) is 43.7 Å². The highest BCUT2D eigenvalue weighted by atomic mass is 79.9. The first-order valence-electron chi connectivity index (χ1n) is 7.43. The Kier molecular flexibility index (Phi) is 6.82. The zero-order valence-corrected chi connectivity index (χ0v) is 17.4. The molecule has 11 heteroatoms. The molecule has 0 fully saturated rings. The van der Waals surface area contributed by atoms with Crippen molar-refractivity contribution in [1.82, 2.24) is 0 Å². The van der Waals surface area contributed by atoms with Crippen molar-refractivity contribution < 1.29 is 27.1 Å². The van der Waals surface area contributed by atoms with Crippen LogP contribution in [0.5, 0.6) is 0 Å². The normalized spacial score (nSPS) is 10.7. The van der Waals surface area contributed by atoms with Gasteiger partial charge in [0, 0.05) is 4.88 Å². The Morgan fingerprint density at radius 1 is 1.15 bits per heavy atom. The van der Waals surface area contributed by atoms with Crippen LogP contribution in [0.1, 0.15) is 27.7 Å². The molecule has 1 aromatic carbocycles. The van der Waals surface area contributed by atoms with Gasteiger partial charge in [-0.3, -0.25) is 0 Å². The first-order valence-corrected chi connectivity index (χ1v) is 9.45. The van der Waals surface area contributed by atoms with E-state index in [2.05, 4.69) is 26.6 Å². The number of methoxy groups -OCH3 is 1. The zero-order valence-electron chi connectivity index (χ0n) is 14.2. The number of carbonyl (C=O) groups is 1. The highest BCUT2D eigenvalue weighted by molar-refractivity contribution is 9.10. The SMILES string of the molecule is CCc1c(C)sc(NC(=S)Nc2c(F)c(F)c(Br)c(F)c2F)c1C(=O)OC. The molecule has 0 atom stereocenters. The Bertz CT molecular complexity index is 905. The highest BCUT2D eigenvalue weighted by Gasteiger charge is 2.26. The van der Waals surface area contributed by atoms with Gasteiger partial charge in [0.2, 0.25) is 0 Å². The third-order valence-electron chi connectivity index (χ3n) is 3.63. The number of thiophene rings is 1. The van der Waals surface area contributed by atoms with Gasteiger partial charge >= 0.3 is 5.97 Å². The number of ether oxygens (including phenoxy) is 1. The van der Waals surface area contributed by atoms with Crippen molar-refractivity contribution in [3.8, 4) is 0 Å². The van der Waals surface area contributed by atoms with E-state index in [9.17, 15) is 22.4 Å². The van der Waals surface area contributed by atoms with E-state index >= 15 is 0 Å². The number of thiocarbonyl (C=S) groups is 1. The van der Waals surface area contributed by atoms with Gasteiger partial charge in [0.1, 0.15) is 10.7 Å². The first kappa shape index (κ1) is 21.6. The maximum Gasteiger partial charge on any atom is 0.341 e. The average molecular weight is 485 g/mol. The number of esters is 1. The number of hydrogen-bond donors (Lipinski definition) is 2. The summed E-state index contributed by atoms with van der Waals surface area (Å²) in [5.74, 6) is -7.10. The maximum absolute atomic E-state index is 14.0. The summed E-state index contributed by atoms with van der Waals surface area (Å²) < 4.78 is 59.0. The molecule has 4 nitrogen and oxygen atoms in total. The van der Waals surface area contributed by atoms with Crippen LogP contribution in [0.4, 0.5) is 28.3 Å². The molecule has 1 aromatic heterocycles. The molecule has 0 spiro atoms. The first-order chi connectivity index (χ1) is 12.6. The molecule has 0 aliphatic rings. The summed E-state index contributed by atoms with van der Waals surface area (Å²) in [6.07, 6.45) is 0.543. The van der Waals surface area contributed by atoms with Crippen LogP contribution in [0, 0.1) is 30.2 Å². The minimum atomic E-state index is -1.64. The number of carbonyl (C=O) groups excluding carboxylic acids is 1. The summed E-state index contributed by atoms with van der Waals surface area (Å²) in [5.41, 5.74) is -0.120. The highest BCUT2D eigenvalue weighted by Crippen LogP contribution is 2.35. The smallest absolute Gasteiger partial charge is 0.341 e. The molecule has 0 radical (unpaired) electrons. The Morgan fingerprint density at radius 2 is 1.70 bits per heavy atom. The number of halogens is 5. The summed E-state index contributed by atoms with van der Waals surface area (Å²) in [5, 5.41) is 4.64. The van der Waals surface area contributed by atoms with Gasteiger partial charge in [-0.1, -0.05) is 6.92 Å². The molecular weight excluding hydrogens is 472 g/mol. The van der Waals surface area contributed by atoms with Gasteiger partial charge in [-0.25, -0.2) is 22.4 Å². The zero-order chi connectivity index (χ0) is 20.5. The molecule has 1 heterocycles. The molecule has 0 aliphatic heterocycles. The van der Waals surface area contributed by atoms with Crippen LogP contribution in [0.3, 0.4) is 0 Å². The van der Waals surface area contributed by atoms with E-state index in [0.29, 0.717) is 6.42 Å². The number of benzene rings is 1. The molecule has 0 saturated carbocycles. The molecule has 2 aromatic rings. The standard InChI is InChI=1S/C16H13BrF4N2O2S2/c1-4-6-5(2)27-14(7(6)15(24)25-3)23-16(26)22-13-11(20)9(18)8(17)10(19)12(13)21/h4H2,1-3H3,(H2,22,23,26). The summed E-state index contributed by atoms with van der Waals surface area (Å²) in [7, 11) is 1.22. The third-order valence-corrected chi connectivity index (χ3v) is 5.59. The molecule has 27 heavy (non-hydrogen) atoms. The molecule has 146 valence electrons. The molecule has 2 N–H and O–H groups in total. The molecule has 0 aliphatic carbocycles. The minimum absolute atomic E-state index is 0.237. The largest absolute Gasteiger partial charge is 0.465 e. The fourth-order valence-corrected chi connectivity index (χ4v) is 4.13. The van der Waals surface area contributed by atoms with Crippen LogP contribution >= 0.6 is 39.5 Å². The fraction of sp³-hybridized carbons (Fsp3) is 0.250. The van der Waals surface area contributed by atoms with Crippen molar-refractivity contribution in [2.24, 2.45) is 0 Å². The number of nitrogens with one attached hydrogen (secondary N) is 2. The lowest BCUT2D eigenvalue weighted by Gasteiger charge is -2.13. The van der Waals surface area contributed by atoms with Gasteiger partial charge in [-0.15, -0.1) is 11.3 Å². The lowest BCUT2D eigenvalue weighted by Crippen LogP contribution is -2.22.